The summed E-state index contributed by atoms with van der Waals surface area (Å²) >= 11 is 0. The molecule has 0 aromatic rings. The molecule has 1 aliphatic carbocycles. The second-order valence-electron chi connectivity index (χ2n) is 5.19. The van der Waals surface area contributed by atoms with E-state index in [1.54, 1.807) is 6.92 Å². The molecule has 1 nitrogen and oxygen atoms in total. The lowest BCUT2D eigenvalue weighted by Crippen LogP contribution is -2.08. The van der Waals surface area contributed by atoms with Crippen molar-refractivity contribution >= 4 is 5.78 Å². The van der Waals surface area contributed by atoms with E-state index < -0.39 is 0 Å². The van der Waals surface area contributed by atoms with Crippen LogP contribution in [0.1, 0.15) is 86.5 Å². The molecule has 1 fully saturated rings. The molecular formula is C16H34O. The lowest BCUT2D eigenvalue weighted by molar-refractivity contribution is -0.116. The first-order chi connectivity index (χ1) is 8.06. The first-order valence-electron chi connectivity index (χ1n) is 7.55. The predicted molar refractivity (Wildman–Crippen MR) is 78.4 cm³/mol. The maximum absolute atomic E-state index is 9.81. The van der Waals surface area contributed by atoms with Crippen molar-refractivity contribution in [3.8, 4) is 0 Å². The maximum Gasteiger partial charge on any atom is 0.129 e. The molecule has 0 aromatic heterocycles. The first kappa shape index (κ1) is 19.0. The van der Waals surface area contributed by atoms with E-state index in [1.807, 2.05) is 20.8 Å². The zero-order chi connectivity index (χ0) is 13.7. The molecule has 1 heteroatoms. The fourth-order valence-corrected chi connectivity index (χ4v) is 2.09. The van der Waals surface area contributed by atoms with Crippen LogP contribution in [0.2, 0.25) is 0 Å². The third kappa shape index (κ3) is 15.7. The van der Waals surface area contributed by atoms with E-state index in [2.05, 4.69) is 13.8 Å². The number of carbonyl (C=O) groups excluding carboxylic acids is 1. The Morgan fingerprint density at radius 3 is 1.82 bits per heavy atom. The molecule has 1 rings (SSSR count). The third-order valence-corrected chi connectivity index (χ3v) is 3.03. The molecule has 0 radical (unpaired) electrons. The minimum absolute atomic E-state index is 0.255. The average molecular weight is 242 g/mol. The van der Waals surface area contributed by atoms with Crippen LogP contribution in [0.5, 0.6) is 0 Å². The van der Waals surface area contributed by atoms with Gasteiger partial charge in [0, 0.05) is 6.42 Å². The van der Waals surface area contributed by atoms with Gasteiger partial charge in [0.15, 0.2) is 0 Å². The van der Waals surface area contributed by atoms with Gasteiger partial charge in [0.05, 0.1) is 0 Å². The maximum atomic E-state index is 9.81. The van der Waals surface area contributed by atoms with Gasteiger partial charge in [-0.2, -0.15) is 0 Å². The van der Waals surface area contributed by atoms with E-state index >= 15 is 0 Å². The number of Topliss-reactive ketones (excluding diaryl/α,β-unsaturated/α-hetero) is 1. The van der Waals surface area contributed by atoms with Crippen molar-refractivity contribution in [1.82, 2.24) is 0 Å². The van der Waals surface area contributed by atoms with Crippen molar-refractivity contribution in [2.24, 2.45) is 11.8 Å². The van der Waals surface area contributed by atoms with Crippen LogP contribution in [-0.4, -0.2) is 5.78 Å². The number of hydrogen-bond acceptors (Lipinski definition) is 1. The van der Waals surface area contributed by atoms with Gasteiger partial charge in [0.1, 0.15) is 5.78 Å². The summed E-state index contributed by atoms with van der Waals surface area (Å²) in [6.07, 6.45) is 9.65. The second kappa shape index (κ2) is 13.7. The van der Waals surface area contributed by atoms with Crippen molar-refractivity contribution < 1.29 is 4.79 Å². The Morgan fingerprint density at radius 1 is 1.12 bits per heavy atom. The molecule has 0 aromatic carbocycles. The molecule has 0 bridgehead atoms. The fourth-order valence-electron chi connectivity index (χ4n) is 2.09. The fraction of sp³-hybridized carbons (Fsp3) is 0.938. The van der Waals surface area contributed by atoms with Crippen LogP contribution in [0.3, 0.4) is 0 Å². The summed E-state index contributed by atoms with van der Waals surface area (Å²) in [7, 11) is 0. The molecular weight excluding hydrogens is 208 g/mol. The highest BCUT2D eigenvalue weighted by molar-refractivity contribution is 5.74. The van der Waals surface area contributed by atoms with Crippen molar-refractivity contribution in [2.75, 3.05) is 0 Å². The Bertz CT molecular complexity index is 155. The first-order valence-corrected chi connectivity index (χ1v) is 7.55. The van der Waals surface area contributed by atoms with Gasteiger partial charge in [0.2, 0.25) is 0 Å². The molecule has 0 N–H and O–H groups in total. The molecule has 0 spiro atoms. The van der Waals surface area contributed by atoms with Gasteiger partial charge < -0.3 is 4.79 Å². The Balaban J connectivity index is 0. The molecule has 0 saturated heterocycles. The molecule has 17 heavy (non-hydrogen) atoms. The summed E-state index contributed by atoms with van der Waals surface area (Å²) in [6.45, 7) is 12.1. The highest BCUT2D eigenvalue weighted by Crippen LogP contribution is 2.28. The van der Waals surface area contributed by atoms with E-state index in [0.29, 0.717) is 6.42 Å². The van der Waals surface area contributed by atoms with Crippen LogP contribution in [0.4, 0.5) is 0 Å². The Hall–Kier alpha value is -0.330. The van der Waals surface area contributed by atoms with Crippen molar-refractivity contribution in [1.29, 1.82) is 0 Å². The Kier molecular flexibility index (Phi) is 15.4. The SMILES string of the molecule is CC.CC(C)CC1CCCCC1.CCC(C)=O. The van der Waals surface area contributed by atoms with E-state index in [0.717, 1.165) is 11.8 Å². The van der Waals surface area contributed by atoms with Crippen molar-refractivity contribution in [2.45, 2.75) is 86.5 Å². The molecule has 0 atom stereocenters. The van der Waals surface area contributed by atoms with Crippen LogP contribution in [0, 0.1) is 11.8 Å². The number of ketones is 1. The molecule has 0 amide bonds. The number of rotatable bonds is 3. The second-order valence-corrected chi connectivity index (χ2v) is 5.19. The normalized spacial score (nSPS) is 15.5. The highest BCUT2D eigenvalue weighted by Gasteiger charge is 2.13. The molecule has 1 aliphatic rings. The largest absolute Gasteiger partial charge is 0.300 e. The summed E-state index contributed by atoms with van der Waals surface area (Å²) in [5.74, 6) is 2.25. The highest BCUT2D eigenvalue weighted by atomic mass is 16.1. The lowest BCUT2D eigenvalue weighted by atomic mass is 9.84. The summed E-state index contributed by atoms with van der Waals surface area (Å²) < 4.78 is 0. The lowest BCUT2D eigenvalue weighted by Gasteiger charge is -2.22. The minimum atomic E-state index is 0.255. The Labute approximate surface area is 109 Å². The zero-order valence-electron chi connectivity index (χ0n) is 13.0. The number of hydrogen-bond donors (Lipinski definition) is 0. The summed E-state index contributed by atoms with van der Waals surface area (Å²) in [5, 5.41) is 0. The van der Waals surface area contributed by atoms with Gasteiger partial charge in [0.25, 0.3) is 0 Å². The third-order valence-electron chi connectivity index (χ3n) is 3.03. The molecule has 1 saturated carbocycles. The molecule has 104 valence electrons. The van der Waals surface area contributed by atoms with Crippen LogP contribution >= 0.6 is 0 Å². The monoisotopic (exact) mass is 242 g/mol. The Morgan fingerprint density at radius 2 is 1.53 bits per heavy atom. The van der Waals surface area contributed by atoms with E-state index in [9.17, 15) is 4.79 Å². The minimum Gasteiger partial charge on any atom is -0.300 e. The topological polar surface area (TPSA) is 17.1 Å². The van der Waals surface area contributed by atoms with Gasteiger partial charge in [-0.3, -0.25) is 0 Å². The van der Waals surface area contributed by atoms with Gasteiger partial charge >= 0.3 is 0 Å². The smallest absolute Gasteiger partial charge is 0.129 e. The van der Waals surface area contributed by atoms with Crippen LogP contribution < -0.4 is 0 Å². The van der Waals surface area contributed by atoms with Gasteiger partial charge in [-0.15, -0.1) is 0 Å². The molecule has 0 aliphatic heterocycles. The van der Waals surface area contributed by atoms with Gasteiger partial charge in [-0.1, -0.05) is 66.7 Å². The van der Waals surface area contributed by atoms with E-state index in [-0.39, 0.29) is 5.78 Å². The van der Waals surface area contributed by atoms with Gasteiger partial charge in [-0.05, 0) is 25.2 Å². The molecule has 0 unspecified atom stereocenters. The number of carbonyl (C=O) groups is 1. The van der Waals surface area contributed by atoms with Crippen LogP contribution in [-0.2, 0) is 4.79 Å². The van der Waals surface area contributed by atoms with Crippen molar-refractivity contribution in [3.63, 3.8) is 0 Å². The predicted octanol–water partition coefficient (Wildman–Crippen LogP) is 5.62. The zero-order valence-corrected chi connectivity index (χ0v) is 13.0. The van der Waals surface area contributed by atoms with Crippen molar-refractivity contribution in [3.05, 3.63) is 0 Å². The van der Waals surface area contributed by atoms with E-state index in [1.165, 1.54) is 38.5 Å². The summed E-state index contributed by atoms with van der Waals surface area (Å²) in [5.41, 5.74) is 0. The van der Waals surface area contributed by atoms with Crippen LogP contribution in [0.25, 0.3) is 0 Å². The van der Waals surface area contributed by atoms with E-state index in [4.69, 9.17) is 0 Å². The quantitative estimate of drug-likeness (QED) is 0.627. The average Bonchev–Trinajstić information content (AvgIpc) is 2.33. The molecule has 0 heterocycles. The standard InChI is InChI=1S/C10H20.C4H8O.C2H6/c1-9(2)8-10-6-4-3-5-7-10;1-3-4(2)5;1-2/h9-10H,3-8H2,1-2H3;3H2,1-2H3;1-2H3. The van der Waals surface area contributed by atoms with Crippen LogP contribution in [0.15, 0.2) is 0 Å². The summed E-state index contributed by atoms with van der Waals surface area (Å²) in [6, 6.07) is 0. The summed E-state index contributed by atoms with van der Waals surface area (Å²) in [4.78, 5) is 9.81. The van der Waals surface area contributed by atoms with Gasteiger partial charge in [-0.25, -0.2) is 0 Å².